The van der Waals surface area contributed by atoms with E-state index in [4.69, 9.17) is 14.2 Å². The van der Waals surface area contributed by atoms with E-state index in [1.54, 1.807) is 0 Å². The molecule has 1 N–H and O–H groups in total. The number of aliphatic hydroxyl groups excluding tert-OH is 1. The lowest BCUT2D eigenvalue weighted by molar-refractivity contribution is -0.102. The first kappa shape index (κ1) is 31.6. The monoisotopic (exact) mass is 526 g/mol. The molecule has 1 aromatic rings. The quantitative estimate of drug-likeness (QED) is 0.144. The summed E-state index contributed by atoms with van der Waals surface area (Å²) >= 11 is 0. The maximum atomic E-state index is 10.3. The van der Waals surface area contributed by atoms with Crippen molar-refractivity contribution in [3.8, 4) is 23.3 Å². The summed E-state index contributed by atoms with van der Waals surface area (Å²) in [5.41, 5.74) is 4.46. The number of rotatable bonds is 16. The molecule has 1 fully saturated rings. The van der Waals surface area contributed by atoms with Crippen molar-refractivity contribution in [2.24, 2.45) is 0 Å². The molecule has 0 spiro atoms. The molecule has 37 heavy (non-hydrogen) atoms. The number of aliphatic hydroxyl groups is 1. The minimum absolute atomic E-state index is 0.0172. The van der Waals surface area contributed by atoms with E-state index in [1.165, 1.54) is 32.1 Å². The molecule has 0 amide bonds. The van der Waals surface area contributed by atoms with Gasteiger partial charge >= 0.3 is 0 Å². The SMILES string of the molecule is CCCCCCCC#CC[C@H](CO[C@H]1CCC[C@H]1OC[C@H](O)CC#C[Si](C)(C)C)OCc1ccccc1. The van der Waals surface area contributed by atoms with Gasteiger partial charge in [0, 0.05) is 19.3 Å². The van der Waals surface area contributed by atoms with E-state index in [2.05, 4.69) is 62.0 Å². The zero-order valence-electron chi connectivity index (χ0n) is 23.8. The van der Waals surface area contributed by atoms with Crippen molar-refractivity contribution in [2.75, 3.05) is 13.2 Å². The summed E-state index contributed by atoms with van der Waals surface area (Å²) < 4.78 is 18.6. The Hall–Kier alpha value is -1.60. The van der Waals surface area contributed by atoms with Crippen LogP contribution in [0.25, 0.3) is 0 Å². The van der Waals surface area contributed by atoms with Crippen molar-refractivity contribution in [1.82, 2.24) is 0 Å². The lowest BCUT2D eigenvalue weighted by atomic mass is 10.1. The molecule has 5 heteroatoms. The van der Waals surface area contributed by atoms with Crippen LogP contribution in [-0.4, -0.2) is 50.8 Å². The summed E-state index contributed by atoms with van der Waals surface area (Å²) in [5.74, 6) is 9.82. The van der Waals surface area contributed by atoms with Crippen LogP contribution >= 0.6 is 0 Å². The van der Waals surface area contributed by atoms with Crippen LogP contribution in [0.3, 0.4) is 0 Å². The van der Waals surface area contributed by atoms with Gasteiger partial charge < -0.3 is 19.3 Å². The molecule has 0 heterocycles. The van der Waals surface area contributed by atoms with E-state index in [9.17, 15) is 5.11 Å². The lowest BCUT2D eigenvalue weighted by Gasteiger charge is -2.24. The van der Waals surface area contributed by atoms with Crippen LogP contribution in [0.15, 0.2) is 30.3 Å². The van der Waals surface area contributed by atoms with Gasteiger partial charge in [-0.1, -0.05) is 82.6 Å². The highest BCUT2D eigenvalue weighted by molar-refractivity contribution is 6.83. The highest BCUT2D eigenvalue weighted by Gasteiger charge is 2.30. The third-order valence-corrected chi connectivity index (χ3v) is 7.31. The minimum Gasteiger partial charge on any atom is -0.390 e. The van der Waals surface area contributed by atoms with Gasteiger partial charge in [-0.3, -0.25) is 0 Å². The molecule has 206 valence electrons. The normalized spacial score (nSPS) is 18.9. The smallest absolute Gasteiger partial charge is 0.129 e. The fourth-order valence-corrected chi connectivity index (χ4v) is 4.91. The van der Waals surface area contributed by atoms with Crippen LogP contribution in [0.1, 0.15) is 83.1 Å². The molecule has 0 aromatic heterocycles. The van der Waals surface area contributed by atoms with Crippen molar-refractivity contribution in [1.29, 1.82) is 0 Å². The Kier molecular flexibility index (Phi) is 15.9. The molecule has 2 rings (SSSR count). The van der Waals surface area contributed by atoms with Crippen LogP contribution in [-0.2, 0) is 20.8 Å². The zero-order chi connectivity index (χ0) is 26.8. The van der Waals surface area contributed by atoms with Gasteiger partial charge in [0.15, 0.2) is 0 Å². The molecule has 0 aliphatic heterocycles. The van der Waals surface area contributed by atoms with Crippen molar-refractivity contribution in [3.63, 3.8) is 0 Å². The summed E-state index contributed by atoms with van der Waals surface area (Å²) in [7, 11) is -1.41. The third kappa shape index (κ3) is 15.4. The first-order chi connectivity index (χ1) is 17.9. The highest BCUT2D eigenvalue weighted by atomic mass is 28.3. The van der Waals surface area contributed by atoms with Crippen LogP contribution in [0.4, 0.5) is 0 Å². The maximum Gasteiger partial charge on any atom is 0.129 e. The number of ether oxygens (including phenoxy) is 3. The fraction of sp³-hybridized carbons (Fsp3) is 0.688. The highest BCUT2D eigenvalue weighted by Crippen LogP contribution is 2.26. The van der Waals surface area contributed by atoms with Gasteiger partial charge in [0.1, 0.15) is 8.07 Å². The molecular weight excluding hydrogens is 476 g/mol. The summed E-state index contributed by atoms with van der Waals surface area (Å²) in [6, 6.07) is 10.3. The molecule has 0 radical (unpaired) electrons. The number of hydrogen-bond donors (Lipinski definition) is 1. The predicted octanol–water partition coefficient (Wildman–Crippen LogP) is 6.91. The lowest BCUT2D eigenvalue weighted by Crippen LogP contribution is -2.32. The molecule has 0 saturated heterocycles. The first-order valence-electron chi connectivity index (χ1n) is 14.4. The van der Waals surface area contributed by atoms with Gasteiger partial charge in [0.25, 0.3) is 0 Å². The molecule has 4 atom stereocenters. The Bertz CT molecular complexity index is 843. The summed E-state index contributed by atoms with van der Waals surface area (Å²) in [6.07, 6.45) is 10.9. The van der Waals surface area contributed by atoms with Crippen molar-refractivity contribution in [2.45, 2.75) is 128 Å². The molecule has 0 bridgehead atoms. The van der Waals surface area contributed by atoms with Crippen LogP contribution < -0.4 is 0 Å². The fourth-order valence-electron chi connectivity index (χ4n) is 4.28. The standard InChI is InChI=1S/C32H50O4Si/c1-5-6-7-8-9-10-11-15-21-30(34-25-28-18-13-12-14-19-28)27-36-32-23-16-22-31(32)35-26-29(33)20-17-24-37(2,3)4/h12-14,18-19,29-33H,5-10,16,20-23,25-27H2,1-4H3/t29-,30-,31-,32+/m1/s1. The van der Waals surface area contributed by atoms with Crippen molar-refractivity contribution >= 4 is 8.07 Å². The molecule has 1 saturated carbocycles. The minimum atomic E-state index is -1.41. The second-order valence-electron chi connectivity index (χ2n) is 11.2. The average Bonchev–Trinajstić information content (AvgIpc) is 3.32. The largest absolute Gasteiger partial charge is 0.390 e. The Morgan fingerprint density at radius 2 is 1.59 bits per heavy atom. The van der Waals surface area contributed by atoms with Gasteiger partial charge in [-0.05, 0) is 31.2 Å². The average molecular weight is 527 g/mol. The molecule has 1 aliphatic carbocycles. The van der Waals surface area contributed by atoms with Gasteiger partial charge in [-0.15, -0.1) is 23.3 Å². The second kappa shape index (κ2) is 18.6. The van der Waals surface area contributed by atoms with Gasteiger partial charge in [-0.25, -0.2) is 0 Å². The van der Waals surface area contributed by atoms with Gasteiger partial charge in [0.05, 0.1) is 44.2 Å². The van der Waals surface area contributed by atoms with E-state index < -0.39 is 14.2 Å². The van der Waals surface area contributed by atoms with E-state index in [1.807, 2.05) is 18.2 Å². The Morgan fingerprint density at radius 3 is 2.30 bits per heavy atom. The second-order valence-corrected chi connectivity index (χ2v) is 16.0. The molecule has 1 aliphatic rings. The van der Waals surface area contributed by atoms with E-state index in [0.717, 1.165) is 31.2 Å². The van der Waals surface area contributed by atoms with E-state index in [0.29, 0.717) is 32.7 Å². The van der Waals surface area contributed by atoms with Gasteiger partial charge in [-0.2, -0.15) is 0 Å². The summed E-state index contributed by atoms with van der Waals surface area (Å²) in [4.78, 5) is 0. The Balaban J connectivity index is 1.80. The Labute approximate surface area is 227 Å². The third-order valence-electron chi connectivity index (χ3n) is 6.38. The summed E-state index contributed by atoms with van der Waals surface area (Å²) in [5, 5.41) is 10.3. The van der Waals surface area contributed by atoms with E-state index >= 15 is 0 Å². The molecule has 4 nitrogen and oxygen atoms in total. The number of hydrogen-bond acceptors (Lipinski definition) is 4. The number of unbranched alkanes of at least 4 members (excludes halogenated alkanes) is 5. The van der Waals surface area contributed by atoms with Crippen molar-refractivity contribution in [3.05, 3.63) is 35.9 Å². The zero-order valence-corrected chi connectivity index (χ0v) is 24.8. The van der Waals surface area contributed by atoms with Crippen LogP contribution in [0.2, 0.25) is 19.6 Å². The van der Waals surface area contributed by atoms with Crippen LogP contribution in [0, 0.1) is 23.3 Å². The first-order valence-corrected chi connectivity index (χ1v) is 17.9. The molecule has 1 aromatic carbocycles. The maximum absolute atomic E-state index is 10.3. The van der Waals surface area contributed by atoms with E-state index in [-0.39, 0.29) is 18.3 Å². The summed E-state index contributed by atoms with van der Waals surface area (Å²) in [6.45, 7) is 10.2. The number of benzene rings is 1. The molecule has 0 unspecified atom stereocenters. The van der Waals surface area contributed by atoms with Gasteiger partial charge in [0.2, 0.25) is 0 Å². The Morgan fingerprint density at radius 1 is 0.892 bits per heavy atom. The topological polar surface area (TPSA) is 47.9 Å². The van der Waals surface area contributed by atoms with Crippen molar-refractivity contribution < 1.29 is 19.3 Å². The molecular formula is C32H50O4Si. The van der Waals surface area contributed by atoms with Crippen LogP contribution in [0.5, 0.6) is 0 Å². The predicted molar refractivity (Wildman–Crippen MR) is 156 cm³/mol.